The Hall–Kier alpha value is -1.68. The van der Waals surface area contributed by atoms with Gasteiger partial charge in [-0.25, -0.2) is 13.1 Å². The molecule has 0 aromatic heterocycles. The van der Waals surface area contributed by atoms with Crippen LogP contribution in [0.15, 0.2) is 34.2 Å². The molecule has 1 saturated heterocycles. The number of rotatable bonds is 10. The molecule has 0 bridgehead atoms. The van der Waals surface area contributed by atoms with Gasteiger partial charge in [0.15, 0.2) is 5.96 Å². The summed E-state index contributed by atoms with van der Waals surface area (Å²) in [6.07, 6.45) is 3.84. The van der Waals surface area contributed by atoms with Crippen LogP contribution in [0.3, 0.4) is 0 Å². The molecule has 9 heteroatoms. The molecule has 0 unspecified atom stereocenters. The van der Waals surface area contributed by atoms with Gasteiger partial charge in [-0.1, -0.05) is 18.6 Å². The first-order valence-corrected chi connectivity index (χ1v) is 12.0. The van der Waals surface area contributed by atoms with Crippen LogP contribution in [-0.4, -0.2) is 71.8 Å². The highest BCUT2D eigenvalue weighted by Crippen LogP contribution is 2.19. The first-order valence-electron chi connectivity index (χ1n) is 10.6. The highest BCUT2D eigenvalue weighted by Gasteiger charge is 2.27. The summed E-state index contributed by atoms with van der Waals surface area (Å²) in [4.78, 5) is 7.08. The van der Waals surface area contributed by atoms with Gasteiger partial charge in [0, 0.05) is 39.3 Å². The summed E-state index contributed by atoms with van der Waals surface area (Å²) in [5.41, 5.74) is 0.905. The minimum atomic E-state index is -3.55. The Kier molecular flexibility index (Phi) is 9.54. The van der Waals surface area contributed by atoms with Crippen molar-refractivity contribution >= 4 is 16.0 Å². The molecule has 170 valence electrons. The molecule has 1 heterocycles. The van der Waals surface area contributed by atoms with Crippen LogP contribution in [0, 0.1) is 0 Å². The molecular weight excluding hydrogens is 402 g/mol. The molecule has 0 saturated carbocycles. The van der Waals surface area contributed by atoms with Gasteiger partial charge >= 0.3 is 0 Å². The molecule has 1 fully saturated rings. The molecule has 3 N–H and O–H groups in total. The monoisotopic (exact) mass is 439 g/mol. The first-order chi connectivity index (χ1) is 14.3. The van der Waals surface area contributed by atoms with Crippen molar-refractivity contribution in [2.24, 2.45) is 4.99 Å². The normalized spacial score (nSPS) is 16.5. The van der Waals surface area contributed by atoms with E-state index in [0.29, 0.717) is 19.1 Å². The predicted molar refractivity (Wildman–Crippen MR) is 121 cm³/mol. The molecule has 1 aromatic carbocycles. The quantitative estimate of drug-likeness (QED) is 0.291. The fourth-order valence-corrected chi connectivity index (χ4v) is 4.58. The molecule has 0 atom stereocenters. The number of aliphatic imine (C=N–C) groups is 1. The van der Waals surface area contributed by atoms with Crippen molar-refractivity contribution in [2.45, 2.75) is 50.1 Å². The molecule has 0 aliphatic carbocycles. The number of hydrogen-bond acceptors (Lipinski definition) is 5. The summed E-state index contributed by atoms with van der Waals surface area (Å²) < 4.78 is 32.2. The number of likely N-dealkylation sites (tertiary alicyclic amines) is 1. The third kappa shape index (κ3) is 7.54. The second-order valence-electron chi connectivity index (χ2n) is 8.18. The van der Waals surface area contributed by atoms with Gasteiger partial charge in [0.1, 0.15) is 0 Å². The number of nitrogens with zero attached hydrogens (tertiary/aromatic N) is 2. The zero-order chi connectivity index (χ0) is 22.0. The SMILES string of the molecule is CN=C(NCc1cccc(S(=O)(=O)NCCOC)c1)NCC(C)(C)N1CCCCC1. The van der Waals surface area contributed by atoms with Gasteiger partial charge in [-0.2, -0.15) is 0 Å². The second-order valence-corrected chi connectivity index (χ2v) is 9.94. The van der Waals surface area contributed by atoms with E-state index in [-0.39, 0.29) is 17.0 Å². The van der Waals surface area contributed by atoms with Crippen molar-refractivity contribution in [1.82, 2.24) is 20.3 Å². The number of ether oxygens (including phenoxy) is 1. The van der Waals surface area contributed by atoms with Gasteiger partial charge in [0.05, 0.1) is 11.5 Å². The van der Waals surface area contributed by atoms with Crippen LogP contribution < -0.4 is 15.4 Å². The Morgan fingerprint density at radius 3 is 2.60 bits per heavy atom. The van der Waals surface area contributed by atoms with E-state index >= 15 is 0 Å². The Labute approximate surface area is 181 Å². The van der Waals surface area contributed by atoms with Crippen molar-refractivity contribution in [2.75, 3.05) is 46.9 Å². The highest BCUT2D eigenvalue weighted by atomic mass is 32.2. The van der Waals surface area contributed by atoms with Gasteiger partial charge in [-0.15, -0.1) is 0 Å². The van der Waals surface area contributed by atoms with E-state index in [1.165, 1.54) is 26.4 Å². The predicted octanol–water partition coefficient (Wildman–Crippen LogP) is 1.54. The number of methoxy groups -OCH3 is 1. The van der Waals surface area contributed by atoms with Crippen LogP contribution in [0.1, 0.15) is 38.7 Å². The van der Waals surface area contributed by atoms with Gasteiger partial charge in [0.25, 0.3) is 0 Å². The van der Waals surface area contributed by atoms with Crippen LogP contribution in [0.4, 0.5) is 0 Å². The Morgan fingerprint density at radius 2 is 1.93 bits per heavy atom. The molecule has 0 spiro atoms. The average molecular weight is 440 g/mol. The maximum absolute atomic E-state index is 12.4. The van der Waals surface area contributed by atoms with Crippen LogP contribution in [0.25, 0.3) is 0 Å². The molecule has 0 amide bonds. The number of sulfonamides is 1. The number of hydrogen-bond donors (Lipinski definition) is 3. The zero-order valence-corrected chi connectivity index (χ0v) is 19.5. The maximum atomic E-state index is 12.4. The fourth-order valence-electron chi connectivity index (χ4n) is 3.50. The summed E-state index contributed by atoms with van der Waals surface area (Å²) in [5, 5.41) is 6.69. The van der Waals surface area contributed by atoms with Gasteiger partial charge in [-0.05, 0) is 57.5 Å². The maximum Gasteiger partial charge on any atom is 0.240 e. The lowest BCUT2D eigenvalue weighted by Crippen LogP contribution is -2.54. The molecule has 8 nitrogen and oxygen atoms in total. The van der Waals surface area contributed by atoms with E-state index in [9.17, 15) is 8.42 Å². The summed E-state index contributed by atoms with van der Waals surface area (Å²) >= 11 is 0. The lowest BCUT2D eigenvalue weighted by atomic mass is 9.98. The van der Waals surface area contributed by atoms with E-state index in [1.807, 2.05) is 6.07 Å². The molecular formula is C21H37N5O3S. The standard InChI is InChI=1S/C21H37N5O3S/c1-21(2,26-12-6-5-7-13-26)17-24-20(22-3)23-16-18-9-8-10-19(15-18)30(27,28)25-11-14-29-4/h8-10,15,25H,5-7,11-14,16-17H2,1-4H3,(H2,22,23,24). The Morgan fingerprint density at radius 1 is 1.20 bits per heavy atom. The van der Waals surface area contributed by atoms with Crippen molar-refractivity contribution in [3.8, 4) is 0 Å². The highest BCUT2D eigenvalue weighted by molar-refractivity contribution is 7.89. The van der Waals surface area contributed by atoms with E-state index < -0.39 is 10.0 Å². The summed E-state index contributed by atoms with van der Waals surface area (Å²) in [7, 11) is -0.274. The van der Waals surface area contributed by atoms with Gasteiger partial charge in [-0.3, -0.25) is 9.89 Å². The van der Waals surface area contributed by atoms with Crippen molar-refractivity contribution in [3.05, 3.63) is 29.8 Å². The third-order valence-corrected chi connectivity index (χ3v) is 6.85. The van der Waals surface area contributed by atoms with E-state index in [4.69, 9.17) is 4.74 Å². The van der Waals surface area contributed by atoms with E-state index in [1.54, 1.807) is 25.2 Å². The number of guanidine groups is 1. The molecule has 1 aromatic rings. The Balaban J connectivity index is 1.90. The lowest BCUT2D eigenvalue weighted by molar-refractivity contribution is 0.0982. The molecule has 2 rings (SSSR count). The summed E-state index contributed by atoms with van der Waals surface area (Å²) in [6, 6.07) is 6.91. The minimum Gasteiger partial charge on any atom is -0.383 e. The van der Waals surface area contributed by atoms with E-state index in [0.717, 1.165) is 25.2 Å². The van der Waals surface area contributed by atoms with Crippen molar-refractivity contribution in [3.63, 3.8) is 0 Å². The summed E-state index contributed by atoms with van der Waals surface area (Å²) in [5.74, 6) is 0.701. The van der Waals surface area contributed by atoms with Gasteiger partial charge in [0.2, 0.25) is 10.0 Å². The largest absolute Gasteiger partial charge is 0.383 e. The molecule has 1 aliphatic heterocycles. The van der Waals surface area contributed by atoms with E-state index in [2.05, 4.69) is 39.1 Å². The smallest absolute Gasteiger partial charge is 0.240 e. The zero-order valence-electron chi connectivity index (χ0n) is 18.7. The molecule has 1 aliphatic rings. The average Bonchev–Trinajstić information content (AvgIpc) is 2.75. The molecule has 0 radical (unpaired) electrons. The topological polar surface area (TPSA) is 95.1 Å². The lowest BCUT2D eigenvalue weighted by Gasteiger charge is -2.41. The van der Waals surface area contributed by atoms with Crippen LogP contribution in [0.2, 0.25) is 0 Å². The van der Waals surface area contributed by atoms with Crippen molar-refractivity contribution < 1.29 is 13.2 Å². The first kappa shape index (κ1) is 24.6. The Bertz CT molecular complexity index is 790. The fraction of sp³-hybridized carbons (Fsp3) is 0.667. The van der Waals surface area contributed by atoms with Gasteiger partial charge < -0.3 is 15.4 Å². The van der Waals surface area contributed by atoms with Crippen molar-refractivity contribution in [1.29, 1.82) is 0 Å². The molecule has 30 heavy (non-hydrogen) atoms. The van der Waals surface area contributed by atoms with Crippen LogP contribution in [0.5, 0.6) is 0 Å². The minimum absolute atomic E-state index is 0.0416. The second kappa shape index (κ2) is 11.6. The number of benzene rings is 1. The number of piperidine rings is 1. The summed E-state index contributed by atoms with van der Waals surface area (Å²) in [6.45, 7) is 8.62. The number of nitrogens with one attached hydrogen (secondary N) is 3. The van der Waals surface area contributed by atoms with Crippen LogP contribution in [-0.2, 0) is 21.3 Å². The third-order valence-electron chi connectivity index (χ3n) is 5.39. The van der Waals surface area contributed by atoms with Crippen LogP contribution >= 0.6 is 0 Å².